The van der Waals surface area contributed by atoms with Crippen LogP contribution in [0.1, 0.15) is 10.4 Å². The van der Waals surface area contributed by atoms with E-state index in [9.17, 15) is 9.18 Å². The third kappa shape index (κ3) is 4.73. The second-order valence-corrected chi connectivity index (χ2v) is 5.11. The molecule has 0 saturated heterocycles. The van der Waals surface area contributed by atoms with E-state index in [0.717, 1.165) is 13.1 Å². The fourth-order valence-corrected chi connectivity index (χ4v) is 2.11. The van der Waals surface area contributed by atoms with Crippen LogP contribution in [0.4, 0.5) is 10.1 Å². The summed E-state index contributed by atoms with van der Waals surface area (Å²) in [6, 6.07) is 2.80. The van der Waals surface area contributed by atoms with Crippen LogP contribution < -0.4 is 5.32 Å². The number of methoxy groups -OCH3 is 1. The Balaban J connectivity index is 2.57. The highest BCUT2D eigenvalue weighted by molar-refractivity contribution is 9.10. The van der Waals surface area contributed by atoms with Crippen LogP contribution >= 0.6 is 15.9 Å². The number of carboxylic acid groups (broad SMARTS) is 1. The van der Waals surface area contributed by atoms with Crippen LogP contribution in [0.5, 0.6) is 0 Å². The van der Waals surface area contributed by atoms with Crippen molar-refractivity contribution in [2.24, 2.45) is 0 Å². The van der Waals surface area contributed by atoms with Crippen LogP contribution in [-0.2, 0) is 4.74 Å². The molecule has 0 unspecified atom stereocenters. The van der Waals surface area contributed by atoms with E-state index in [1.807, 2.05) is 7.05 Å². The normalized spacial score (nSPS) is 10.8. The van der Waals surface area contributed by atoms with E-state index in [1.54, 1.807) is 7.11 Å². The first-order valence-corrected chi connectivity index (χ1v) is 6.89. The second-order valence-electron chi connectivity index (χ2n) is 4.32. The summed E-state index contributed by atoms with van der Waals surface area (Å²) in [5.41, 5.74) is 0.187. The van der Waals surface area contributed by atoms with E-state index >= 15 is 0 Å². The first kappa shape index (κ1) is 16.9. The highest BCUT2D eigenvalue weighted by Gasteiger charge is 2.15. The summed E-state index contributed by atoms with van der Waals surface area (Å²) >= 11 is 2.96. The summed E-state index contributed by atoms with van der Waals surface area (Å²) in [5.74, 6) is -1.76. The summed E-state index contributed by atoms with van der Waals surface area (Å²) in [6.07, 6.45) is 0. The third-order valence-electron chi connectivity index (χ3n) is 2.80. The predicted octanol–water partition coefficient (Wildman–Crippen LogP) is 2.28. The number of carbonyl (C=O) groups is 1. The van der Waals surface area contributed by atoms with Gasteiger partial charge in [-0.25, -0.2) is 9.18 Å². The van der Waals surface area contributed by atoms with Crippen LogP contribution in [0.2, 0.25) is 0 Å². The molecule has 0 aromatic heterocycles. The molecule has 0 spiro atoms. The Kier molecular flexibility index (Phi) is 6.90. The lowest BCUT2D eigenvalue weighted by Gasteiger charge is -2.17. The molecule has 2 N–H and O–H groups in total. The van der Waals surface area contributed by atoms with Gasteiger partial charge in [0.25, 0.3) is 0 Å². The molecule has 0 amide bonds. The molecule has 20 heavy (non-hydrogen) atoms. The van der Waals surface area contributed by atoms with Crippen LogP contribution in [0.25, 0.3) is 0 Å². The molecule has 1 rings (SSSR count). The smallest absolute Gasteiger partial charge is 0.336 e. The highest BCUT2D eigenvalue weighted by Crippen LogP contribution is 2.26. The van der Waals surface area contributed by atoms with Crippen molar-refractivity contribution in [2.45, 2.75) is 0 Å². The Hall–Kier alpha value is -1.18. The largest absolute Gasteiger partial charge is 0.478 e. The molecule has 1 aromatic rings. The molecule has 5 nitrogen and oxygen atoms in total. The third-order valence-corrected chi connectivity index (χ3v) is 3.57. The lowest BCUT2D eigenvalue weighted by molar-refractivity contribution is 0.0695. The number of likely N-dealkylation sites (N-methyl/N-ethyl adjacent to an activating group) is 1. The molecule has 0 aliphatic rings. The Morgan fingerprint density at radius 1 is 1.50 bits per heavy atom. The van der Waals surface area contributed by atoms with E-state index in [-0.39, 0.29) is 15.7 Å². The van der Waals surface area contributed by atoms with Gasteiger partial charge in [-0.2, -0.15) is 0 Å². The minimum Gasteiger partial charge on any atom is -0.478 e. The first-order chi connectivity index (χ1) is 9.47. The Bertz CT molecular complexity index is 471. The number of hydrogen-bond donors (Lipinski definition) is 2. The summed E-state index contributed by atoms with van der Waals surface area (Å²) in [4.78, 5) is 12.9. The van der Waals surface area contributed by atoms with Gasteiger partial charge in [-0.05, 0) is 35.1 Å². The number of nitrogens with one attached hydrogen (secondary N) is 1. The zero-order chi connectivity index (χ0) is 15.1. The van der Waals surface area contributed by atoms with Gasteiger partial charge in [0.2, 0.25) is 0 Å². The van der Waals surface area contributed by atoms with Gasteiger partial charge in [-0.3, -0.25) is 0 Å². The topological polar surface area (TPSA) is 61.8 Å². The number of ether oxygens (including phenoxy) is 1. The standard InChI is InChI=1S/C13H18BrFN2O3/c1-17(7-8-20-2)6-5-16-10-4-3-9(13(18)19)11(14)12(10)15/h3-4,16H,5-8H2,1-2H3,(H,18,19). The maximum atomic E-state index is 13.9. The summed E-state index contributed by atoms with van der Waals surface area (Å²) < 4.78 is 18.9. The molecular weight excluding hydrogens is 331 g/mol. The van der Waals surface area contributed by atoms with Crippen LogP contribution in [0.15, 0.2) is 16.6 Å². The van der Waals surface area contributed by atoms with E-state index in [0.29, 0.717) is 13.2 Å². The van der Waals surface area contributed by atoms with E-state index in [4.69, 9.17) is 9.84 Å². The number of aromatic carboxylic acids is 1. The number of hydrogen-bond acceptors (Lipinski definition) is 4. The van der Waals surface area contributed by atoms with Gasteiger partial charge in [0.1, 0.15) is 0 Å². The molecule has 0 bridgehead atoms. The average Bonchev–Trinajstić information content (AvgIpc) is 2.40. The number of anilines is 1. The summed E-state index contributed by atoms with van der Waals surface area (Å²) in [7, 11) is 3.59. The van der Waals surface area contributed by atoms with Crippen molar-refractivity contribution in [2.75, 3.05) is 45.7 Å². The van der Waals surface area contributed by atoms with Crippen LogP contribution in [0.3, 0.4) is 0 Å². The van der Waals surface area contributed by atoms with Crippen LogP contribution in [-0.4, -0.2) is 56.4 Å². The van der Waals surface area contributed by atoms with E-state index < -0.39 is 11.8 Å². The summed E-state index contributed by atoms with van der Waals surface area (Å²) in [6.45, 7) is 2.71. The monoisotopic (exact) mass is 348 g/mol. The molecule has 0 atom stereocenters. The van der Waals surface area contributed by atoms with Crippen molar-refractivity contribution in [3.8, 4) is 0 Å². The van der Waals surface area contributed by atoms with Gasteiger partial charge >= 0.3 is 5.97 Å². The minimum absolute atomic E-state index is 0.0391. The van der Waals surface area contributed by atoms with Crippen LogP contribution in [0, 0.1) is 5.82 Å². The van der Waals surface area contributed by atoms with Gasteiger partial charge in [0.15, 0.2) is 5.82 Å². The number of rotatable bonds is 8. The van der Waals surface area contributed by atoms with Crippen molar-refractivity contribution in [3.63, 3.8) is 0 Å². The molecule has 0 radical (unpaired) electrons. The molecule has 0 fully saturated rings. The first-order valence-electron chi connectivity index (χ1n) is 6.10. The van der Waals surface area contributed by atoms with Gasteiger partial charge < -0.3 is 20.1 Å². The Morgan fingerprint density at radius 2 is 2.20 bits per heavy atom. The number of benzene rings is 1. The number of carboxylic acids is 1. The fourth-order valence-electron chi connectivity index (χ4n) is 1.59. The number of nitrogens with zero attached hydrogens (tertiary/aromatic N) is 1. The molecule has 0 aliphatic carbocycles. The Labute approximate surface area is 125 Å². The highest BCUT2D eigenvalue weighted by atomic mass is 79.9. The van der Waals surface area contributed by atoms with E-state index in [2.05, 4.69) is 26.1 Å². The van der Waals surface area contributed by atoms with E-state index in [1.165, 1.54) is 12.1 Å². The molecule has 0 saturated carbocycles. The van der Waals surface area contributed by atoms with Crippen molar-refractivity contribution >= 4 is 27.6 Å². The molecule has 0 heterocycles. The molecule has 1 aromatic carbocycles. The predicted molar refractivity (Wildman–Crippen MR) is 78.9 cm³/mol. The van der Waals surface area contributed by atoms with Gasteiger partial charge in [-0.1, -0.05) is 0 Å². The lowest BCUT2D eigenvalue weighted by atomic mass is 10.2. The summed E-state index contributed by atoms with van der Waals surface area (Å²) in [5, 5.41) is 11.8. The SMILES string of the molecule is COCCN(C)CCNc1ccc(C(=O)O)c(Br)c1F. The van der Waals surface area contributed by atoms with Gasteiger partial charge in [0.05, 0.1) is 22.3 Å². The quantitative estimate of drug-likeness (QED) is 0.754. The average molecular weight is 349 g/mol. The molecular formula is C13H18BrFN2O3. The zero-order valence-electron chi connectivity index (χ0n) is 11.4. The molecule has 7 heteroatoms. The van der Waals surface area contributed by atoms with Crippen molar-refractivity contribution in [3.05, 3.63) is 28.0 Å². The molecule has 112 valence electrons. The van der Waals surface area contributed by atoms with Crippen molar-refractivity contribution in [1.82, 2.24) is 4.90 Å². The molecule has 0 aliphatic heterocycles. The van der Waals surface area contributed by atoms with Gasteiger partial charge in [0, 0.05) is 26.7 Å². The second kappa shape index (κ2) is 8.18. The zero-order valence-corrected chi connectivity index (χ0v) is 13.0. The maximum absolute atomic E-state index is 13.9. The van der Waals surface area contributed by atoms with Crippen molar-refractivity contribution in [1.29, 1.82) is 0 Å². The Morgan fingerprint density at radius 3 is 2.80 bits per heavy atom. The van der Waals surface area contributed by atoms with Gasteiger partial charge in [-0.15, -0.1) is 0 Å². The maximum Gasteiger partial charge on any atom is 0.336 e. The van der Waals surface area contributed by atoms with Crippen molar-refractivity contribution < 1.29 is 19.0 Å². The number of halogens is 2. The minimum atomic E-state index is -1.17. The lowest BCUT2D eigenvalue weighted by Crippen LogP contribution is -2.28. The fraction of sp³-hybridized carbons (Fsp3) is 0.462.